The molecule has 3 heterocycles. The second kappa shape index (κ2) is 8.71. The van der Waals surface area contributed by atoms with Crippen LogP contribution in [-0.4, -0.2) is 46.9 Å². The van der Waals surface area contributed by atoms with Crippen LogP contribution in [0, 0.1) is 5.92 Å². The lowest BCUT2D eigenvalue weighted by Gasteiger charge is -2.51. The lowest BCUT2D eigenvalue weighted by Crippen LogP contribution is -2.54. The number of ether oxygens (including phenoxy) is 3. The number of halogens is 3. The summed E-state index contributed by atoms with van der Waals surface area (Å²) in [6.45, 7) is 4.82. The largest absolute Gasteiger partial charge is 0.486 e. The SMILES string of the molecule is CC1(C)Oc2c(cccc2C(F)(F)F)[C@@H]2O[C@@H]3CCN(Cc4ccc(OCC(=O)O)cc4)[C@@H]3C[C@H]21. The molecule has 3 aliphatic heterocycles. The number of para-hydroxylation sites is 1. The van der Waals surface area contributed by atoms with Gasteiger partial charge in [-0.15, -0.1) is 0 Å². The van der Waals surface area contributed by atoms with Crippen LogP contribution in [0.1, 0.15) is 49.5 Å². The molecule has 2 fully saturated rings. The van der Waals surface area contributed by atoms with Gasteiger partial charge >= 0.3 is 12.1 Å². The Morgan fingerprint density at radius 2 is 1.94 bits per heavy atom. The van der Waals surface area contributed by atoms with Crippen LogP contribution in [0.5, 0.6) is 11.5 Å². The highest BCUT2D eigenvalue weighted by atomic mass is 19.4. The molecule has 3 aliphatic rings. The number of benzene rings is 2. The lowest BCUT2D eigenvalue weighted by molar-refractivity contribution is -0.169. The van der Waals surface area contributed by atoms with Gasteiger partial charge in [0, 0.05) is 30.6 Å². The van der Waals surface area contributed by atoms with Crippen molar-refractivity contribution in [3.05, 3.63) is 59.2 Å². The maximum atomic E-state index is 13.7. The Kier molecular flexibility index (Phi) is 5.96. The van der Waals surface area contributed by atoms with Gasteiger partial charge in [-0.25, -0.2) is 4.79 Å². The lowest BCUT2D eigenvalue weighted by atomic mass is 9.73. The molecule has 0 amide bonds. The molecule has 0 unspecified atom stereocenters. The number of carbonyl (C=O) groups is 1. The average molecular weight is 492 g/mol. The van der Waals surface area contributed by atoms with E-state index in [9.17, 15) is 18.0 Å². The Balaban J connectivity index is 1.34. The van der Waals surface area contributed by atoms with Gasteiger partial charge in [0.05, 0.1) is 17.8 Å². The van der Waals surface area contributed by atoms with Crippen molar-refractivity contribution in [1.29, 1.82) is 0 Å². The third-order valence-electron chi connectivity index (χ3n) is 7.37. The fourth-order valence-corrected chi connectivity index (χ4v) is 5.67. The standard InChI is InChI=1S/C26H28F3NO5/c1-25(2)19-12-20-21(34-23(19)17-4-3-5-18(24(17)35-25)26(27,28)29)10-11-30(20)13-15-6-8-16(9-7-15)33-14-22(31)32/h3-9,19-21,23H,10-14H2,1-2H3,(H,31,32)/t19-,20-,21-,23+/m1/s1. The Morgan fingerprint density at radius 1 is 1.20 bits per heavy atom. The number of hydrogen-bond donors (Lipinski definition) is 1. The maximum absolute atomic E-state index is 13.7. The van der Waals surface area contributed by atoms with Gasteiger partial charge in [0.1, 0.15) is 17.1 Å². The van der Waals surface area contributed by atoms with E-state index in [2.05, 4.69) is 4.90 Å². The van der Waals surface area contributed by atoms with Gasteiger partial charge in [-0.2, -0.15) is 13.2 Å². The van der Waals surface area contributed by atoms with Crippen LogP contribution in [0.2, 0.25) is 0 Å². The van der Waals surface area contributed by atoms with Crippen LogP contribution in [0.15, 0.2) is 42.5 Å². The van der Waals surface area contributed by atoms with E-state index in [0.29, 0.717) is 17.9 Å². The van der Waals surface area contributed by atoms with Crippen molar-refractivity contribution in [2.45, 2.75) is 63.3 Å². The van der Waals surface area contributed by atoms with E-state index in [1.165, 1.54) is 6.07 Å². The van der Waals surface area contributed by atoms with Crippen molar-refractivity contribution < 1.29 is 37.3 Å². The van der Waals surface area contributed by atoms with Gasteiger partial charge in [-0.05, 0) is 50.5 Å². The maximum Gasteiger partial charge on any atom is 0.419 e. The molecule has 188 valence electrons. The van der Waals surface area contributed by atoms with E-state index < -0.39 is 29.4 Å². The van der Waals surface area contributed by atoms with Crippen molar-refractivity contribution in [3.63, 3.8) is 0 Å². The summed E-state index contributed by atoms with van der Waals surface area (Å²) in [6, 6.07) is 11.7. The minimum atomic E-state index is -4.50. The second-order valence-corrected chi connectivity index (χ2v) is 10.0. The molecule has 35 heavy (non-hydrogen) atoms. The Labute approximate surface area is 201 Å². The number of aliphatic carboxylic acids is 1. The number of likely N-dealkylation sites (tertiary alicyclic amines) is 1. The first kappa shape index (κ1) is 23.9. The molecule has 6 nitrogen and oxygen atoms in total. The van der Waals surface area contributed by atoms with Gasteiger partial charge in [0.15, 0.2) is 6.61 Å². The number of nitrogens with zero attached hydrogens (tertiary/aromatic N) is 1. The molecule has 0 aliphatic carbocycles. The highest BCUT2D eigenvalue weighted by Crippen LogP contribution is 2.55. The summed E-state index contributed by atoms with van der Waals surface area (Å²) < 4.78 is 58.7. The molecule has 0 aromatic heterocycles. The van der Waals surface area contributed by atoms with Crippen molar-refractivity contribution in [1.82, 2.24) is 4.90 Å². The topological polar surface area (TPSA) is 68.2 Å². The summed E-state index contributed by atoms with van der Waals surface area (Å²) in [6.07, 6.45) is -3.43. The van der Waals surface area contributed by atoms with Crippen LogP contribution in [0.25, 0.3) is 0 Å². The minimum absolute atomic E-state index is 0.0642. The highest BCUT2D eigenvalue weighted by molar-refractivity contribution is 5.68. The summed E-state index contributed by atoms with van der Waals surface area (Å²) in [5.41, 5.74) is -0.0229. The Morgan fingerprint density at radius 3 is 2.63 bits per heavy atom. The first-order chi connectivity index (χ1) is 16.5. The fraction of sp³-hybridized carbons (Fsp3) is 0.500. The van der Waals surface area contributed by atoms with Crippen molar-refractivity contribution in [3.8, 4) is 11.5 Å². The zero-order valence-corrected chi connectivity index (χ0v) is 19.5. The van der Waals surface area contributed by atoms with Gasteiger partial charge in [-0.1, -0.05) is 24.3 Å². The number of fused-ring (bicyclic) bond motifs is 4. The van der Waals surface area contributed by atoms with E-state index in [1.807, 2.05) is 26.0 Å². The van der Waals surface area contributed by atoms with Crippen molar-refractivity contribution >= 4 is 5.97 Å². The zero-order valence-electron chi connectivity index (χ0n) is 19.5. The third-order valence-corrected chi connectivity index (χ3v) is 7.37. The molecule has 1 N–H and O–H groups in total. The van der Waals surface area contributed by atoms with Crippen LogP contribution in [0.4, 0.5) is 13.2 Å². The summed E-state index contributed by atoms with van der Waals surface area (Å²) in [7, 11) is 0. The average Bonchev–Trinajstić information content (AvgIpc) is 3.18. The predicted octanol–water partition coefficient (Wildman–Crippen LogP) is 5.06. The molecule has 0 saturated carbocycles. The minimum Gasteiger partial charge on any atom is -0.486 e. The zero-order chi connectivity index (χ0) is 25.0. The van der Waals surface area contributed by atoms with Gasteiger partial charge in [-0.3, -0.25) is 4.90 Å². The Bertz CT molecular complexity index is 1100. The monoisotopic (exact) mass is 491 g/mol. The molecular formula is C26H28F3NO5. The summed E-state index contributed by atoms with van der Waals surface area (Å²) in [4.78, 5) is 13.0. The number of carboxylic acid groups (broad SMARTS) is 1. The summed E-state index contributed by atoms with van der Waals surface area (Å²) >= 11 is 0. The van der Waals surface area contributed by atoms with Gasteiger partial charge < -0.3 is 19.3 Å². The number of alkyl halides is 3. The van der Waals surface area contributed by atoms with E-state index in [4.69, 9.17) is 19.3 Å². The third kappa shape index (κ3) is 4.59. The molecule has 2 aromatic rings. The molecule has 5 rings (SSSR count). The predicted molar refractivity (Wildman–Crippen MR) is 120 cm³/mol. The van der Waals surface area contributed by atoms with Crippen molar-refractivity contribution in [2.24, 2.45) is 5.92 Å². The quantitative estimate of drug-likeness (QED) is 0.631. The van der Waals surface area contributed by atoms with E-state index in [-0.39, 0.29) is 30.4 Å². The van der Waals surface area contributed by atoms with Gasteiger partial charge in [0.2, 0.25) is 0 Å². The fourth-order valence-electron chi connectivity index (χ4n) is 5.67. The molecule has 2 aromatic carbocycles. The van der Waals surface area contributed by atoms with Crippen LogP contribution < -0.4 is 9.47 Å². The number of hydrogen-bond acceptors (Lipinski definition) is 5. The van der Waals surface area contributed by atoms with E-state index >= 15 is 0 Å². The first-order valence-electron chi connectivity index (χ1n) is 11.7. The molecule has 0 radical (unpaired) electrons. The smallest absolute Gasteiger partial charge is 0.419 e. The van der Waals surface area contributed by atoms with Crippen LogP contribution in [0.3, 0.4) is 0 Å². The summed E-state index contributed by atoms with van der Waals surface area (Å²) in [5, 5.41) is 8.75. The van der Waals surface area contributed by atoms with E-state index in [1.54, 1.807) is 18.2 Å². The van der Waals surface area contributed by atoms with Crippen molar-refractivity contribution in [2.75, 3.05) is 13.2 Å². The normalized spacial score (nSPS) is 27.3. The molecule has 2 saturated heterocycles. The Hall–Kier alpha value is -2.78. The van der Waals surface area contributed by atoms with E-state index in [0.717, 1.165) is 31.0 Å². The molecule has 0 bridgehead atoms. The number of carboxylic acids is 1. The van der Waals surface area contributed by atoms with Gasteiger partial charge in [0.25, 0.3) is 0 Å². The molecular weight excluding hydrogens is 463 g/mol. The summed E-state index contributed by atoms with van der Waals surface area (Å²) in [5.74, 6) is -0.728. The first-order valence-corrected chi connectivity index (χ1v) is 11.7. The van der Waals surface area contributed by atoms with Crippen LogP contribution in [-0.2, 0) is 22.3 Å². The molecule has 9 heteroatoms. The van der Waals surface area contributed by atoms with Crippen LogP contribution >= 0.6 is 0 Å². The molecule has 0 spiro atoms. The highest BCUT2D eigenvalue weighted by Gasteiger charge is 2.54. The second-order valence-electron chi connectivity index (χ2n) is 10.0. The molecule has 4 atom stereocenters. The number of rotatable bonds is 5.